The standard InChI is InChI=1S/C3H6O.Al.ClH/c1-3-2-4-3;;/h3H,2H2,1H3;;1H. The van der Waals surface area contributed by atoms with Gasteiger partial charge in [0.05, 0.1) is 12.7 Å². The SMILES string of the molecule is CC1CO1.Cl.[Al]. The lowest BCUT2D eigenvalue weighted by atomic mass is 10.6. The zero-order valence-electron chi connectivity index (χ0n) is 3.68. The minimum Gasteiger partial charge on any atom is -0.373 e. The molecule has 1 unspecified atom stereocenters. The summed E-state index contributed by atoms with van der Waals surface area (Å²) in [6, 6.07) is 0. The molecule has 1 atom stereocenters. The van der Waals surface area contributed by atoms with E-state index in [0.29, 0.717) is 6.10 Å². The van der Waals surface area contributed by atoms with Crippen LogP contribution in [0.5, 0.6) is 0 Å². The maximum absolute atomic E-state index is 4.71. The lowest BCUT2D eigenvalue weighted by molar-refractivity contribution is 0.423. The van der Waals surface area contributed by atoms with Crippen LogP contribution in [0.4, 0.5) is 0 Å². The summed E-state index contributed by atoms with van der Waals surface area (Å²) in [7, 11) is 0. The first-order chi connectivity index (χ1) is 1.89. The molecule has 1 aliphatic heterocycles. The number of ether oxygens (including phenoxy) is 1. The lowest BCUT2D eigenvalue weighted by Crippen LogP contribution is -1.60. The van der Waals surface area contributed by atoms with Crippen molar-refractivity contribution in [1.82, 2.24) is 0 Å². The number of rotatable bonds is 0. The largest absolute Gasteiger partial charge is 0.373 e. The molecule has 1 heterocycles. The Morgan fingerprint density at radius 3 is 1.83 bits per heavy atom. The molecule has 0 aromatic heterocycles. The zero-order valence-corrected chi connectivity index (χ0v) is 5.65. The van der Waals surface area contributed by atoms with Crippen LogP contribution in [0.25, 0.3) is 0 Å². The molecular formula is C3H7AlClO. The smallest absolute Gasteiger partial charge is 0.0781 e. The fourth-order valence-electron chi connectivity index (χ4n) is 0.0962. The van der Waals surface area contributed by atoms with Crippen molar-refractivity contribution in [3.8, 4) is 0 Å². The Bertz CT molecular complexity index is 30.0. The van der Waals surface area contributed by atoms with Crippen molar-refractivity contribution >= 4 is 29.8 Å². The van der Waals surface area contributed by atoms with E-state index < -0.39 is 0 Å². The summed E-state index contributed by atoms with van der Waals surface area (Å²) < 4.78 is 4.71. The van der Waals surface area contributed by atoms with Crippen LogP contribution in [-0.2, 0) is 4.74 Å². The van der Waals surface area contributed by atoms with Crippen LogP contribution in [0.15, 0.2) is 0 Å². The van der Waals surface area contributed by atoms with E-state index >= 15 is 0 Å². The second-order valence-electron chi connectivity index (χ2n) is 1.14. The van der Waals surface area contributed by atoms with Gasteiger partial charge >= 0.3 is 0 Å². The van der Waals surface area contributed by atoms with Crippen LogP contribution < -0.4 is 0 Å². The molecule has 1 rings (SSSR count). The number of hydrogen-bond donors (Lipinski definition) is 0. The van der Waals surface area contributed by atoms with Crippen molar-refractivity contribution in [3.05, 3.63) is 0 Å². The molecule has 3 heteroatoms. The first-order valence-electron chi connectivity index (χ1n) is 1.51. The molecule has 1 saturated heterocycles. The molecule has 0 saturated carbocycles. The highest BCUT2D eigenvalue weighted by Crippen LogP contribution is 2.04. The monoisotopic (exact) mass is 121 g/mol. The van der Waals surface area contributed by atoms with E-state index in [-0.39, 0.29) is 29.8 Å². The fourth-order valence-corrected chi connectivity index (χ4v) is 0.0962. The van der Waals surface area contributed by atoms with Gasteiger partial charge in [-0.25, -0.2) is 0 Å². The third-order valence-electron chi connectivity index (χ3n) is 0.500. The first kappa shape index (κ1) is 9.92. The van der Waals surface area contributed by atoms with Gasteiger partial charge in [0, 0.05) is 17.4 Å². The van der Waals surface area contributed by atoms with Crippen molar-refractivity contribution in [2.75, 3.05) is 6.61 Å². The third-order valence-corrected chi connectivity index (χ3v) is 0.500. The van der Waals surface area contributed by atoms with E-state index in [9.17, 15) is 0 Å². The minimum atomic E-state index is 0. The molecule has 1 aliphatic rings. The molecule has 1 nitrogen and oxygen atoms in total. The molecule has 6 heavy (non-hydrogen) atoms. The number of halogens is 1. The second-order valence-corrected chi connectivity index (χ2v) is 1.14. The molecule has 0 aromatic rings. The van der Waals surface area contributed by atoms with Crippen LogP contribution in [0, 0.1) is 0 Å². The predicted octanol–water partition coefficient (Wildman–Crippen LogP) is 0.446. The van der Waals surface area contributed by atoms with E-state index in [4.69, 9.17) is 4.74 Å². The first-order valence-corrected chi connectivity index (χ1v) is 1.51. The van der Waals surface area contributed by atoms with Gasteiger partial charge in [0.2, 0.25) is 0 Å². The maximum atomic E-state index is 4.71. The average molecular weight is 122 g/mol. The van der Waals surface area contributed by atoms with E-state index in [1.54, 1.807) is 0 Å². The molecule has 0 aromatic carbocycles. The summed E-state index contributed by atoms with van der Waals surface area (Å²) in [5, 5.41) is 0. The van der Waals surface area contributed by atoms with E-state index in [2.05, 4.69) is 6.92 Å². The molecule has 35 valence electrons. The Morgan fingerprint density at radius 2 is 1.83 bits per heavy atom. The van der Waals surface area contributed by atoms with Gasteiger partial charge < -0.3 is 4.74 Å². The molecule has 1 fully saturated rings. The fraction of sp³-hybridized carbons (Fsp3) is 1.00. The lowest BCUT2D eigenvalue weighted by Gasteiger charge is -1.50. The summed E-state index contributed by atoms with van der Waals surface area (Å²) >= 11 is 0. The van der Waals surface area contributed by atoms with Crippen LogP contribution in [0.1, 0.15) is 6.92 Å². The molecule has 0 amide bonds. The van der Waals surface area contributed by atoms with Gasteiger partial charge in [0.15, 0.2) is 0 Å². The van der Waals surface area contributed by atoms with Gasteiger partial charge in [-0.05, 0) is 6.92 Å². The number of hydrogen-bond acceptors (Lipinski definition) is 1. The van der Waals surface area contributed by atoms with Gasteiger partial charge in [-0.3, -0.25) is 0 Å². The zero-order chi connectivity index (χ0) is 2.99. The highest BCUT2D eigenvalue weighted by Gasteiger charge is 2.13. The van der Waals surface area contributed by atoms with Crippen LogP contribution in [0.2, 0.25) is 0 Å². The molecule has 0 bridgehead atoms. The van der Waals surface area contributed by atoms with Crippen molar-refractivity contribution in [1.29, 1.82) is 0 Å². The Labute approximate surface area is 54.6 Å². The minimum absolute atomic E-state index is 0. The highest BCUT2D eigenvalue weighted by molar-refractivity contribution is 5.85. The summed E-state index contributed by atoms with van der Waals surface area (Å²) in [5.41, 5.74) is 0. The van der Waals surface area contributed by atoms with Crippen molar-refractivity contribution < 1.29 is 4.74 Å². The van der Waals surface area contributed by atoms with Crippen LogP contribution in [0.3, 0.4) is 0 Å². The van der Waals surface area contributed by atoms with E-state index in [1.165, 1.54) is 0 Å². The topological polar surface area (TPSA) is 12.5 Å². The number of epoxide rings is 1. The van der Waals surface area contributed by atoms with E-state index in [1.807, 2.05) is 0 Å². The van der Waals surface area contributed by atoms with Crippen molar-refractivity contribution in [2.45, 2.75) is 13.0 Å². The molecule has 0 spiro atoms. The summed E-state index contributed by atoms with van der Waals surface area (Å²) in [5.74, 6) is 0. The molecule has 3 radical (unpaired) electrons. The third kappa shape index (κ3) is 4.78. The predicted molar refractivity (Wildman–Crippen MR) is 28.4 cm³/mol. The van der Waals surface area contributed by atoms with Gasteiger partial charge in [-0.15, -0.1) is 12.4 Å². The van der Waals surface area contributed by atoms with Crippen LogP contribution >= 0.6 is 12.4 Å². The normalized spacial score (nSPS) is 26.5. The summed E-state index contributed by atoms with van der Waals surface area (Å²) in [6.45, 7) is 3.04. The highest BCUT2D eigenvalue weighted by atomic mass is 35.5. The molecular weight excluding hydrogens is 114 g/mol. The van der Waals surface area contributed by atoms with Gasteiger partial charge in [-0.1, -0.05) is 0 Å². The summed E-state index contributed by atoms with van der Waals surface area (Å²) in [4.78, 5) is 0. The Balaban J connectivity index is 0. The second kappa shape index (κ2) is 3.96. The quantitative estimate of drug-likeness (QED) is 0.335. The van der Waals surface area contributed by atoms with Crippen LogP contribution in [-0.4, -0.2) is 30.1 Å². The molecule has 0 aliphatic carbocycles. The molecule has 0 N–H and O–H groups in total. The Kier molecular flexibility index (Phi) is 6.54. The Morgan fingerprint density at radius 1 is 1.67 bits per heavy atom. The van der Waals surface area contributed by atoms with Gasteiger partial charge in [-0.2, -0.15) is 0 Å². The van der Waals surface area contributed by atoms with Gasteiger partial charge in [0.25, 0.3) is 0 Å². The van der Waals surface area contributed by atoms with Crippen molar-refractivity contribution in [3.63, 3.8) is 0 Å². The maximum Gasteiger partial charge on any atom is 0.0781 e. The summed E-state index contributed by atoms with van der Waals surface area (Å²) in [6.07, 6.45) is 0.583. The van der Waals surface area contributed by atoms with E-state index in [0.717, 1.165) is 6.61 Å². The Hall–Kier alpha value is 0.782. The average Bonchev–Trinajstić information content (AvgIpc) is 1.75. The van der Waals surface area contributed by atoms with Gasteiger partial charge in [0.1, 0.15) is 0 Å². The van der Waals surface area contributed by atoms with Crippen molar-refractivity contribution in [2.24, 2.45) is 0 Å².